The fraction of sp³-hybridized carbons (Fsp3) is 0.312. The van der Waals surface area contributed by atoms with Crippen LogP contribution in [0.5, 0.6) is 0 Å². The maximum absolute atomic E-state index is 13.1. The Morgan fingerprint density at radius 3 is 2.42 bits per heavy atom. The lowest BCUT2D eigenvalue weighted by molar-refractivity contribution is -0.185. The average Bonchev–Trinajstić information content (AvgIpc) is 3.35. The summed E-state index contributed by atoms with van der Waals surface area (Å²) in [4.78, 5) is 21.0. The van der Waals surface area contributed by atoms with Gasteiger partial charge in [0.1, 0.15) is 11.2 Å². The van der Waals surface area contributed by atoms with Crippen molar-refractivity contribution < 1.29 is 18.0 Å². The van der Waals surface area contributed by atoms with Crippen molar-refractivity contribution in [2.45, 2.75) is 24.6 Å². The van der Waals surface area contributed by atoms with E-state index in [4.69, 9.17) is 11.6 Å². The zero-order valence-electron chi connectivity index (χ0n) is 12.6. The summed E-state index contributed by atoms with van der Waals surface area (Å²) in [5.74, 6) is -0.749. The Bertz CT molecular complexity index is 773. The fourth-order valence-electron chi connectivity index (χ4n) is 2.55. The minimum atomic E-state index is -4.44. The van der Waals surface area contributed by atoms with Gasteiger partial charge in [-0.1, -0.05) is 17.7 Å². The zero-order chi connectivity index (χ0) is 17.5. The molecule has 0 aromatic carbocycles. The van der Waals surface area contributed by atoms with Crippen LogP contribution in [-0.2, 0) is 0 Å². The maximum Gasteiger partial charge on any atom is 0.411 e. The van der Waals surface area contributed by atoms with Crippen molar-refractivity contribution >= 4 is 17.5 Å². The van der Waals surface area contributed by atoms with E-state index in [2.05, 4.69) is 9.97 Å². The SMILES string of the molecule is CN(C(=O)c1ccc(-c2cncc(Cl)c2)cn1)C1(C(F)(F)F)CC1. The van der Waals surface area contributed by atoms with E-state index in [0.29, 0.717) is 16.1 Å². The lowest BCUT2D eigenvalue weighted by Crippen LogP contribution is -2.49. The number of carbonyl (C=O) groups is 1. The molecule has 126 valence electrons. The number of halogens is 4. The van der Waals surface area contributed by atoms with Gasteiger partial charge in [0.05, 0.1) is 5.02 Å². The van der Waals surface area contributed by atoms with Crippen LogP contribution >= 0.6 is 11.6 Å². The highest BCUT2D eigenvalue weighted by Gasteiger charge is 2.67. The Hall–Kier alpha value is -2.15. The zero-order valence-corrected chi connectivity index (χ0v) is 13.4. The van der Waals surface area contributed by atoms with Gasteiger partial charge in [0.2, 0.25) is 0 Å². The van der Waals surface area contributed by atoms with Gasteiger partial charge < -0.3 is 4.90 Å². The molecule has 0 N–H and O–H groups in total. The van der Waals surface area contributed by atoms with Crippen molar-refractivity contribution in [1.82, 2.24) is 14.9 Å². The molecule has 2 heterocycles. The number of carbonyl (C=O) groups excluding carboxylic acids is 1. The number of aromatic nitrogens is 2. The number of alkyl halides is 3. The van der Waals surface area contributed by atoms with Gasteiger partial charge in [-0.25, -0.2) is 0 Å². The smallest absolute Gasteiger partial charge is 0.326 e. The molecule has 1 aliphatic carbocycles. The highest BCUT2D eigenvalue weighted by Crippen LogP contribution is 2.53. The summed E-state index contributed by atoms with van der Waals surface area (Å²) in [5, 5.41) is 0.452. The summed E-state index contributed by atoms with van der Waals surface area (Å²) in [5.41, 5.74) is -0.717. The van der Waals surface area contributed by atoms with E-state index in [0.717, 1.165) is 4.90 Å². The van der Waals surface area contributed by atoms with Gasteiger partial charge in [-0.3, -0.25) is 14.8 Å². The molecule has 0 saturated heterocycles. The van der Waals surface area contributed by atoms with Crippen LogP contribution in [0.3, 0.4) is 0 Å². The summed E-state index contributed by atoms with van der Waals surface area (Å²) in [6.45, 7) is 0. The molecule has 0 bridgehead atoms. The van der Waals surface area contributed by atoms with Gasteiger partial charge in [-0.15, -0.1) is 0 Å². The lowest BCUT2D eigenvalue weighted by atomic mass is 10.1. The Morgan fingerprint density at radius 2 is 1.92 bits per heavy atom. The van der Waals surface area contributed by atoms with E-state index < -0.39 is 17.6 Å². The largest absolute Gasteiger partial charge is 0.411 e. The number of amides is 1. The Balaban J connectivity index is 1.82. The normalized spacial score (nSPS) is 15.9. The van der Waals surface area contributed by atoms with E-state index in [1.54, 1.807) is 18.3 Å². The van der Waals surface area contributed by atoms with E-state index in [-0.39, 0.29) is 18.5 Å². The molecule has 0 radical (unpaired) electrons. The third-order valence-corrected chi connectivity index (χ3v) is 4.43. The van der Waals surface area contributed by atoms with E-state index in [1.807, 2.05) is 0 Å². The summed E-state index contributed by atoms with van der Waals surface area (Å²) in [6.07, 6.45) is -0.113. The predicted molar refractivity (Wildman–Crippen MR) is 82.6 cm³/mol. The van der Waals surface area contributed by atoms with E-state index >= 15 is 0 Å². The molecule has 4 nitrogen and oxygen atoms in total. The Labute approximate surface area is 141 Å². The second-order valence-electron chi connectivity index (χ2n) is 5.72. The van der Waals surface area contributed by atoms with E-state index in [9.17, 15) is 18.0 Å². The second kappa shape index (κ2) is 5.73. The molecule has 1 amide bonds. The Kier molecular flexibility index (Phi) is 3.99. The van der Waals surface area contributed by atoms with Gasteiger partial charge in [0.25, 0.3) is 5.91 Å². The van der Waals surface area contributed by atoms with Gasteiger partial charge in [-0.05, 0) is 25.0 Å². The predicted octanol–water partition coefficient (Wildman–Crippen LogP) is 3.96. The van der Waals surface area contributed by atoms with E-state index in [1.165, 1.54) is 25.5 Å². The topological polar surface area (TPSA) is 46.1 Å². The first-order valence-electron chi connectivity index (χ1n) is 7.16. The summed E-state index contributed by atoms with van der Waals surface area (Å²) in [7, 11) is 1.17. The van der Waals surface area contributed by atoms with Gasteiger partial charge in [0.15, 0.2) is 0 Å². The van der Waals surface area contributed by atoms with Gasteiger partial charge in [0, 0.05) is 36.8 Å². The molecule has 0 spiro atoms. The van der Waals surface area contributed by atoms with Crippen LogP contribution in [0.15, 0.2) is 36.8 Å². The molecule has 1 saturated carbocycles. The standard InChI is InChI=1S/C16H13ClF3N3O/c1-23(15(4-5-15)16(18,19)20)14(24)13-3-2-10(8-22-13)11-6-12(17)9-21-7-11/h2-3,6-9H,4-5H2,1H3. The Morgan fingerprint density at radius 1 is 1.21 bits per heavy atom. The first-order chi connectivity index (χ1) is 11.2. The molecule has 0 atom stereocenters. The number of hydrogen-bond donors (Lipinski definition) is 0. The third-order valence-electron chi connectivity index (χ3n) is 4.22. The maximum atomic E-state index is 13.1. The first-order valence-corrected chi connectivity index (χ1v) is 7.54. The average molecular weight is 356 g/mol. The number of pyridine rings is 2. The van der Waals surface area contributed by atoms with Crippen LogP contribution in [0.1, 0.15) is 23.3 Å². The molecule has 1 fully saturated rings. The minimum absolute atomic E-state index is 0.0354. The third kappa shape index (κ3) is 2.84. The molecule has 0 aliphatic heterocycles. The highest BCUT2D eigenvalue weighted by molar-refractivity contribution is 6.30. The minimum Gasteiger partial charge on any atom is -0.326 e. The van der Waals surface area contributed by atoms with Crippen LogP contribution in [-0.4, -0.2) is 39.5 Å². The van der Waals surface area contributed by atoms with Gasteiger partial charge >= 0.3 is 6.18 Å². The van der Waals surface area contributed by atoms with Crippen molar-refractivity contribution in [3.05, 3.63) is 47.5 Å². The van der Waals surface area contributed by atoms with Crippen LogP contribution in [0.25, 0.3) is 11.1 Å². The molecule has 24 heavy (non-hydrogen) atoms. The molecule has 2 aromatic heterocycles. The van der Waals surface area contributed by atoms with Crippen LogP contribution in [0.4, 0.5) is 13.2 Å². The second-order valence-corrected chi connectivity index (χ2v) is 6.15. The summed E-state index contributed by atoms with van der Waals surface area (Å²) < 4.78 is 39.3. The van der Waals surface area contributed by atoms with Crippen LogP contribution in [0, 0.1) is 0 Å². The van der Waals surface area contributed by atoms with Gasteiger partial charge in [-0.2, -0.15) is 13.2 Å². The molecular formula is C16H13ClF3N3O. The van der Waals surface area contributed by atoms with Crippen molar-refractivity contribution in [3.63, 3.8) is 0 Å². The summed E-state index contributed by atoms with van der Waals surface area (Å²) >= 11 is 5.87. The van der Waals surface area contributed by atoms with Crippen LogP contribution < -0.4 is 0 Å². The van der Waals surface area contributed by atoms with Crippen molar-refractivity contribution in [1.29, 1.82) is 0 Å². The molecule has 8 heteroatoms. The monoisotopic (exact) mass is 355 g/mol. The quantitative estimate of drug-likeness (QED) is 0.837. The van der Waals surface area contributed by atoms with Crippen molar-refractivity contribution in [2.24, 2.45) is 0 Å². The number of rotatable bonds is 3. The number of nitrogens with zero attached hydrogens (tertiary/aromatic N) is 3. The molecule has 2 aromatic rings. The molecular weight excluding hydrogens is 343 g/mol. The highest BCUT2D eigenvalue weighted by atomic mass is 35.5. The fourth-order valence-corrected chi connectivity index (χ4v) is 2.73. The van der Waals surface area contributed by atoms with Crippen molar-refractivity contribution in [3.8, 4) is 11.1 Å². The molecule has 1 aliphatic rings. The summed E-state index contributed by atoms with van der Waals surface area (Å²) in [6, 6.07) is 4.69. The molecule has 0 unspecified atom stereocenters. The molecule has 3 rings (SSSR count). The lowest BCUT2D eigenvalue weighted by Gasteiger charge is -2.29. The van der Waals surface area contributed by atoms with Crippen LogP contribution in [0.2, 0.25) is 5.02 Å². The number of hydrogen-bond acceptors (Lipinski definition) is 3. The first kappa shape index (κ1) is 16.7. The van der Waals surface area contributed by atoms with Crippen molar-refractivity contribution in [2.75, 3.05) is 7.05 Å².